The lowest BCUT2D eigenvalue weighted by atomic mass is 10.1. The average Bonchev–Trinajstić information content (AvgIpc) is 3.17. The van der Waals surface area contributed by atoms with Crippen LogP contribution in [0.15, 0.2) is 73.1 Å². The van der Waals surface area contributed by atoms with E-state index in [0.717, 1.165) is 24.1 Å². The molecule has 4 nitrogen and oxygen atoms in total. The minimum atomic E-state index is 0.848. The third-order valence-electron chi connectivity index (χ3n) is 5.09. The second kappa shape index (κ2) is 7.77. The third kappa shape index (κ3) is 4.01. The summed E-state index contributed by atoms with van der Waals surface area (Å²) in [5.74, 6) is 0. The van der Waals surface area contributed by atoms with Gasteiger partial charge in [0, 0.05) is 38.6 Å². The second-order valence-electron chi connectivity index (χ2n) is 7.51. The van der Waals surface area contributed by atoms with Crippen molar-refractivity contribution in [2.45, 2.75) is 20.0 Å². The van der Waals surface area contributed by atoms with Gasteiger partial charge in [-0.1, -0.05) is 42.0 Å². The maximum absolute atomic E-state index is 4.34. The van der Waals surface area contributed by atoms with Crippen molar-refractivity contribution >= 4 is 22.4 Å². The van der Waals surface area contributed by atoms with Crippen LogP contribution in [0.4, 0.5) is 11.4 Å². The van der Waals surface area contributed by atoms with Crippen LogP contribution in [0, 0.1) is 6.92 Å². The number of aryl methyl sites for hydroxylation is 1. The van der Waals surface area contributed by atoms with Crippen molar-refractivity contribution in [1.82, 2.24) is 9.97 Å². The van der Waals surface area contributed by atoms with Crippen molar-refractivity contribution in [2.24, 2.45) is 0 Å². The molecule has 0 bridgehead atoms. The summed E-state index contributed by atoms with van der Waals surface area (Å²) in [5, 5.41) is 0. The van der Waals surface area contributed by atoms with Gasteiger partial charge in [-0.2, -0.15) is 0 Å². The fourth-order valence-electron chi connectivity index (χ4n) is 3.39. The van der Waals surface area contributed by atoms with Crippen LogP contribution in [0.2, 0.25) is 0 Å². The number of nitrogens with zero attached hydrogens (tertiary/aromatic N) is 3. The molecule has 1 N–H and O–H groups in total. The summed E-state index contributed by atoms with van der Waals surface area (Å²) in [4.78, 5) is 12.1. The molecular weight excluding hydrogens is 344 g/mol. The second-order valence-corrected chi connectivity index (χ2v) is 7.51. The van der Waals surface area contributed by atoms with Crippen LogP contribution in [-0.2, 0) is 13.1 Å². The molecule has 0 saturated heterocycles. The molecule has 0 unspecified atom stereocenters. The van der Waals surface area contributed by atoms with E-state index in [1.807, 2.05) is 0 Å². The first-order valence-corrected chi connectivity index (χ1v) is 9.58. The predicted molar refractivity (Wildman–Crippen MR) is 118 cm³/mol. The van der Waals surface area contributed by atoms with Gasteiger partial charge in [-0.3, -0.25) is 0 Å². The van der Waals surface area contributed by atoms with E-state index in [1.54, 1.807) is 6.33 Å². The summed E-state index contributed by atoms with van der Waals surface area (Å²) >= 11 is 0. The fourth-order valence-corrected chi connectivity index (χ4v) is 3.39. The van der Waals surface area contributed by atoms with E-state index < -0.39 is 0 Å². The number of fused-ring (bicyclic) bond motifs is 1. The quantitative estimate of drug-likeness (QED) is 0.510. The number of anilines is 2. The Morgan fingerprint density at radius 2 is 1.39 bits per heavy atom. The van der Waals surface area contributed by atoms with Gasteiger partial charge in [0.2, 0.25) is 0 Å². The predicted octanol–water partition coefficient (Wildman–Crippen LogP) is 5.14. The molecule has 4 aromatic rings. The number of hydrogen-bond acceptors (Lipinski definition) is 3. The van der Waals surface area contributed by atoms with E-state index >= 15 is 0 Å². The molecule has 0 aliphatic rings. The molecule has 0 fully saturated rings. The molecule has 1 aromatic heterocycles. The summed E-state index contributed by atoms with van der Waals surface area (Å²) in [7, 11) is 4.14. The maximum Gasteiger partial charge on any atom is 0.0931 e. The lowest BCUT2D eigenvalue weighted by Crippen LogP contribution is -2.22. The molecule has 3 aromatic carbocycles. The Hall–Kier alpha value is -3.27. The van der Waals surface area contributed by atoms with E-state index in [1.165, 1.54) is 28.1 Å². The Morgan fingerprint density at radius 3 is 2.04 bits per heavy atom. The monoisotopic (exact) mass is 370 g/mol. The topological polar surface area (TPSA) is 35.2 Å². The van der Waals surface area contributed by atoms with Crippen molar-refractivity contribution in [3.8, 4) is 0 Å². The van der Waals surface area contributed by atoms with Gasteiger partial charge in [0.05, 0.1) is 17.4 Å². The highest BCUT2D eigenvalue weighted by Gasteiger charge is 2.11. The van der Waals surface area contributed by atoms with Crippen molar-refractivity contribution in [2.75, 3.05) is 23.9 Å². The number of nitrogens with one attached hydrogen (secondary N) is 1. The van der Waals surface area contributed by atoms with Crippen molar-refractivity contribution < 1.29 is 0 Å². The smallest absolute Gasteiger partial charge is 0.0931 e. The van der Waals surface area contributed by atoms with Crippen LogP contribution in [0.1, 0.15) is 16.7 Å². The number of H-pyrrole nitrogens is 1. The molecule has 0 aliphatic heterocycles. The average molecular weight is 371 g/mol. The highest BCUT2D eigenvalue weighted by molar-refractivity contribution is 5.79. The summed E-state index contributed by atoms with van der Waals surface area (Å²) in [5.41, 5.74) is 8.35. The highest BCUT2D eigenvalue weighted by atomic mass is 15.1. The van der Waals surface area contributed by atoms with Crippen molar-refractivity contribution in [3.63, 3.8) is 0 Å². The molecule has 0 aliphatic carbocycles. The number of aromatic amines is 1. The molecule has 0 saturated carbocycles. The molecular formula is C24H26N4. The van der Waals surface area contributed by atoms with E-state index in [-0.39, 0.29) is 0 Å². The zero-order valence-corrected chi connectivity index (χ0v) is 16.7. The van der Waals surface area contributed by atoms with Crippen molar-refractivity contribution in [1.29, 1.82) is 0 Å². The van der Waals surface area contributed by atoms with E-state index in [0.29, 0.717) is 0 Å². The zero-order chi connectivity index (χ0) is 19.5. The first kappa shape index (κ1) is 18.1. The number of rotatable bonds is 6. The van der Waals surface area contributed by atoms with Crippen molar-refractivity contribution in [3.05, 3.63) is 89.7 Å². The molecule has 0 amide bonds. The Labute approximate surface area is 166 Å². The first-order valence-electron chi connectivity index (χ1n) is 9.58. The minimum Gasteiger partial charge on any atom is -0.378 e. The van der Waals surface area contributed by atoms with Gasteiger partial charge >= 0.3 is 0 Å². The van der Waals surface area contributed by atoms with Crippen LogP contribution in [0.3, 0.4) is 0 Å². The molecule has 0 spiro atoms. The highest BCUT2D eigenvalue weighted by Crippen LogP contribution is 2.24. The van der Waals surface area contributed by atoms with Crippen LogP contribution in [0.5, 0.6) is 0 Å². The summed E-state index contributed by atoms with van der Waals surface area (Å²) in [6.07, 6.45) is 1.75. The molecule has 4 rings (SSSR count). The lowest BCUT2D eigenvalue weighted by Gasteiger charge is -2.26. The Balaban J connectivity index is 1.64. The normalized spacial score (nSPS) is 11.0. The molecule has 142 valence electrons. The first-order chi connectivity index (χ1) is 13.6. The van der Waals surface area contributed by atoms with Crippen LogP contribution < -0.4 is 9.80 Å². The summed E-state index contributed by atoms with van der Waals surface area (Å²) < 4.78 is 0. The largest absolute Gasteiger partial charge is 0.378 e. The molecule has 0 atom stereocenters. The summed E-state index contributed by atoms with van der Waals surface area (Å²) in [6, 6.07) is 24.0. The number of aromatic nitrogens is 2. The van der Waals surface area contributed by atoms with Gasteiger partial charge in [-0.05, 0) is 48.4 Å². The standard InChI is InChI=1S/C24H26N4/c1-18-4-6-19(7-5-18)15-28(16-20-8-10-21(11-9-20)27(2)3)22-12-13-23-24(14-22)26-17-25-23/h4-14,17H,15-16H2,1-3H3,(H,25,26). The molecule has 4 heteroatoms. The van der Waals surface area contributed by atoms with Gasteiger partial charge in [-0.25, -0.2) is 4.98 Å². The van der Waals surface area contributed by atoms with Gasteiger partial charge in [-0.15, -0.1) is 0 Å². The zero-order valence-electron chi connectivity index (χ0n) is 16.7. The minimum absolute atomic E-state index is 0.848. The Morgan fingerprint density at radius 1 is 0.786 bits per heavy atom. The maximum atomic E-state index is 4.34. The van der Waals surface area contributed by atoms with Gasteiger partial charge in [0.1, 0.15) is 0 Å². The lowest BCUT2D eigenvalue weighted by molar-refractivity contribution is 0.800. The Kier molecular flexibility index (Phi) is 5.02. The molecule has 0 radical (unpaired) electrons. The van der Waals surface area contributed by atoms with E-state index in [2.05, 4.69) is 108 Å². The van der Waals surface area contributed by atoms with Gasteiger partial charge in [0.25, 0.3) is 0 Å². The number of imidazole rings is 1. The molecule has 1 heterocycles. The summed E-state index contributed by atoms with van der Waals surface area (Å²) in [6.45, 7) is 3.83. The number of hydrogen-bond donors (Lipinski definition) is 1. The van der Waals surface area contributed by atoms with Crippen LogP contribution >= 0.6 is 0 Å². The van der Waals surface area contributed by atoms with Gasteiger partial charge < -0.3 is 14.8 Å². The van der Waals surface area contributed by atoms with E-state index in [4.69, 9.17) is 0 Å². The van der Waals surface area contributed by atoms with E-state index in [9.17, 15) is 0 Å². The van der Waals surface area contributed by atoms with Crippen LogP contribution in [-0.4, -0.2) is 24.1 Å². The molecule has 28 heavy (non-hydrogen) atoms. The number of benzene rings is 3. The Bertz CT molecular complexity index is 1050. The van der Waals surface area contributed by atoms with Gasteiger partial charge in [0.15, 0.2) is 0 Å². The fraction of sp³-hybridized carbons (Fsp3) is 0.208. The van der Waals surface area contributed by atoms with Crippen LogP contribution in [0.25, 0.3) is 11.0 Å². The SMILES string of the molecule is Cc1ccc(CN(Cc2ccc(N(C)C)cc2)c2ccc3nc[nH]c3c2)cc1. The third-order valence-corrected chi connectivity index (χ3v) is 5.09.